The third-order valence-electron chi connectivity index (χ3n) is 9.65. The maximum atomic E-state index is 12.7. The maximum absolute atomic E-state index is 12.7. The van der Waals surface area contributed by atoms with Crippen molar-refractivity contribution in [1.82, 2.24) is 0 Å². The zero-order valence-electron chi connectivity index (χ0n) is 18.4. The van der Waals surface area contributed by atoms with Gasteiger partial charge in [0, 0.05) is 11.0 Å². The molecule has 0 aromatic rings. The van der Waals surface area contributed by atoms with Crippen LogP contribution in [0.15, 0.2) is 23.8 Å². The lowest BCUT2D eigenvalue weighted by molar-refractivity contribution is -0.195. The van der Waals surface area contributed by atoms with Gasteiger partial charge in [-0.05, 0) is 94.5 Å². The van der Waals surface area contributed by atoms with Gasteiger partial charge >= 0.3 is 11.9 Å². The van der Waals surface area contributed by atoms with Gasteiger partial charge in [0.05, 0.1) is 5.41 Å². The molecule has 0 aromatic heterocycles. The Balaban J connectivity index is 1.73. The number of hydrogen-bond acceptors (Lipinski definition) is 3. The molecule has 0 amide bonds. The number of fused-ring (bicyclic) bond motifs is 3. The van der Waals surface area contributed by atoms with E-state index in [9.17, 15) is 14.7 Å². The van der Waals surface area contributed by atoms with E-state index in [0.29, 0.717) is 17.4 Å². The molecule has 1 spiro atoms. The van der Waals surface area contributed by atoms with Crippen LogP contribution in [-0.2, 0) is 14.3 Å². The number of rotatable bonds is 3. The number of ether oxygens (including phenoxy) is 1. The van der Waals surface area contributed by atoms with Crippen LogP contribution in [0, 0.1) is 34.0 Å². The predicted octanol–water partition coefficient (Wildman–Crippen LogP) is 5.53. The summed E-state index contributed by atoms with van der Waals surface area (Å²) in [6, 6.07) is 0. The Bertz CT molecular complexity index is 782. The van der Waals surface area contributed by atoms with Crippen LogP contribution in [0.5, 0.6) is 0 Å². The van der Waals surface area contributed by atoms with E-state index in [1.165, 1.54) is 0 Å². The van der Waals surface area contributed by atoms with Crippen molar-refractivity contribution in [2.24, 2.45) is 34.0 Å². The number of esters is 1. The van der Waals surface area contributed by atoms with E-state index < -0.39 is 11.4 Å². The third-order valence-corrected chi connectivity index (χ3v) is 9.65. The van der Waals surface area contributed by atoms with Gasteiger partial charge in [0.2, 0.25) is 0 Å². The molecule has 4 aliphatic rings. The normalized spacial score (nSPS) is 46.6. The van der Waals surface area contributed by atoms with E-state index in [2.05, 4.69) is 13.5 Å². The van der Waals surface area contributed by atoms with Gasteiger partial charge in [-0.2, -0.15) is 0 Å². The van der Waals surface area contributed by atoms with Crippen LogP contribution in [0.2, 0.25) is 0 Å². The summed E-state index contributed by atoms with van der Waals surface area (Å²) in [5.41, 5.74) is 1.02. The van der Waals surface area contributed by atoms with Crippen molar-refractivity contribution in [2.45, 2.75) is 85.2 Å². The summed E-state index contributed by atoms with van der Waals surface area (Å²) in [6.07, 6.45) is 9.50. The SMILES string of the molecule is C=C1[C@@H]2CC[C@H]3[C@]4(C)CCC[C@@](C)(C(=O)O)[C@@H]4CC[C@@]3(C2)[C@@H]1OC(=O)/C(C)=C\C. The largest absolute Gasteiger partial charge is 0.481 e. The summed E-state index contributed by atoms with van der Waals surface area (Å²) >= 11 is 0. The van der Waals surface area contributed by atoms with E-state index in [0.717, 1.165) is 56.9 Å². The molecule has 4 fully saturated rings. The van der Waals surface area contributed by atoms with Crippen LogP contribution in [0.1, 0.15) is 79.1 Å². The van der Waals surface area contributed by atoms with Crippen LogP contribution >= 0.6 is 0 Å². The fraction of sp³-hybridized carbons (Fsp3) is 0.760. The van der Waals surface area contributed by atoms with Crippen LogP contribution in [0.4, 0.5) is 0 Å². The number of carbonyl (C=O) groups is 2. The van der Waals surface area contributed by atoms with Gasteiger partial charge in [0.1, 0.15) is 6.10 Å². The number of hydrogen-bond donors (Lipinski definition) is 1. The minimum atomic E-state index is -0.644. The highest BCUT2D eigenvalue weighted by molar-refractivity contribution is 5.88. The zero-order chi connectivity index (χ0) is 21.2. The molecule has 2 bridgehead atoms. The molecule has 0 aromatic carbocycles. The lowest BCUT2D eigenvalue weighted by atomic mass is 9.40. The number of allylic oxidation sites excluding steroid dienone is 1. The lowest BCUT2D eigenvalue weighted by Gasteiger charge is -2.63. The topological polar surface area (TPSA) is 63.6 Å². The second kappa shape index (κ2) is 6.72. The molecule has 1 N–H and O–H groups in total. The standard InChI is InChI=1S/C25H36O4/c1-6-15(2)21(26)29-20-16(3)17-8-9-19-23(4)11-7-12-24(5,22(27)28)18(23)10-13-25(19,20)14-17/h6,17-20H,3,7-14H2,1-2,4-5H3,(H,27,28)/b15-6-/t17-,18-,19+,20-,23-,24-,25+/m1/s1. The molecule has 4 rings (SSSR count). The van der Waals surface area contributed by atoms with Crippen molar-refractivity contribution < 1.29 is 19.4 Å². The number of aliphatic carboxylic acids is 1. The number of carboxylic acid groups (broad SMARTS) is 1. The molecule has 4 saturated carbocycles. The van der Waals surface area contributed by atoms with Gasteiger partial charge < -0.3 is 9.84 Å². The summed E-state index contributed by atoms with van der Waals surface area (Å²) < 4.78 is 6.15. The van der Waals surface area contributed by atoms with Crippen LogP contribution < -0.4 is 0 Å². The first-order valence-corrected chi connectivity index (χ1v) is 11.4. The Morgan fingerprint density at radius 1 is 1.14 bits per heavy atom. The molecule has 0 heterocycles. The molecule has 4 heteroatoms. The second-order valence-electron chi connectivity index (χ2n) is 10.8. The fourth-order valence-corrected chi connectivity index (χ4v) is 8.10. The molecule has 0 radical (unpaired) electrons. The number of carboxylic acids is 1. The van der Waals surface area contributed by atoms with Crippen LogP contribution in [0.25, 0.3) is 0 Å². The van der Waals surface area contributed by atoms with E-state index in [1.54, 1.807) is 13.0 Å². The highest BCUT2D eigenvalue weighted by Crippen LogP contribution is 2.72. The minimum Gasteiger partial charge on any atom is -0.481 e. The van der Waals surface area contributed by atoms with Crippen molar-refractivity contribution in [2.75, 3.05) is 0 Å². The van der Waals surface area contributed by atoms with E-state index in [-0.39, 0.29) is 28.8 Å². The maximum Gasteiger partial charge on any atom is 0.333 e. The molecule has 0 aliphatic heterocycles. The van der Waals surface area contributed by atoms with Gasteiger partial charge in [0.25, 0.3) is 0 Å². The predicted molar refractivity (Wildman–Crippen MR) is 112 cm³/mol. The van der Waals surface area contributed by atoms with Crippen molar-refractivity contribution >= 4 is 11.9 Å². The van der Waals surface area contributed by atoms with E-state index in [4.69, 9.17) is 4.74 Å². The quantitative estimate of drug-likeness (QED) is 0.384. The van der Waals surface area contributed by atoms with Crippen molar-refractivity contribution in [3.8, 4) is 0 Å². The summed E-state index contributed by atoms with van der Waals surface area (Å²) in [7, 11) is 0. The van der Waals surface area contributed by atoms with E-state index in [1.807, 2.05) is 13.8 Å². The summed E-state index contributed by atoms with van der Waals surface area (Å²) in [6.45, 7) is 12.4. The van der Waals surface area contributed by atoms with Gasteiger partial charge in [-0.3, -0.25) is 4.79 Å². The molecule has 0 saturated heterocycles. The fourth-order valence-electron chi connectivity index (χ4n) is 8.10. The molecule has 160 valence electrons. The Morgan fingerprint density at radius 3 is 2.52 bits per heavy atom. The van der Waals surface area contributed by atoms with Crippen LogP contribution in [-0.4, -0.2) is 23.1 Å². The summed E-state index contributed by atoms with van der Waals surface area (Å²) in [4.78, 5) is 25.0. The molecular weight excluding hydrogens is 364 g/mol. The van der Waals surface area contributed by atoms with Gasteiger partial charge in [-0.15, -0.1) is 0 Å². The minimum absolute atomic E-state index is 0.0144. The number of carbonyl (C=O) groups excluding carboxylic acids is 1. The Hall–Kier alpha value is -1.58. The molecule has 0 unspecified atom stereocenters. The Kier molecular flexibility index (Phi) is 4.79. The Morgan fingerprint density at radius 2 is 1.86 bits per heavy atom. The highest BCUT2D eigenvalue weighted by atomic mass is 16.5. The second-order valence-corrected chi connectivity index (χ2v) is 10.8. The van der Waals surface area contributed by atoms with Crippen LogP contribution in [0.3, 0.4) is 0 Å². The first kappa shape index (κ1) is 20.7. The van der Waals surface area contributed by atoms with E-state index >= 15 is 0 Å². The highest BCUT2D eigenvalue weighted by Gasteiger charge is 2.68. The molecule has 7 atom stereocenters. The third kappa shape index (κ3) is 2.70. The zero-order valence-corrected chi connectivity index (χ0v) is 18.4. The van der Waals surface area contributed by atoms with Crippen molar-refractivity contribution in [3.05, 3.63) is 23.8 Å². The van der Waals surface area contributed by atoms with Crippen molar-refractivity contribution in [1.29, 1.82) is 0 Å². The van der Waals surface area contributed by atoms with Gasteiger partial charge in [0.15, 0.2) is 0 Å². The molecule has 29 heavy (non-hydrogen) atoms. The average molecular weight is 401 g/mol. The Labute approximate surface area is 174 Å². The first-order chi connectivity index (χ1) is 13.6. The summed E-state index contributed by atoms with van der Waals surface area (Å²) in [5.74, 6) is 0.151. The lowest BCUT2D eigenvalue weighted by Crippen LogP contribution is -2.60. The molecular formula is C25H36O4. The average Bonchev–Trinajstić information content (AvgIpc) is 2.87. The monoisotopic (exact) mass is 400 g/mol. The first-order valence-electron chi connectivity index (χ1n) is 11.4. The van der Waals surface area contributed by atoms with Gasteiger partial charge in [-0.25, -0.2) is 4.79 Å². The molecule has 4 nitrogen and oxygen atoms in total. The molecule has 4 aliphatic carbocycles. The smallest absolute Gasteiger partial charge is 0.333 e. The van der Waals surface area contributed by atoms with Gasteiger partial charge in [-0.1, -0.05) is 26.0 Å². The summed E-state index contributed by atoms with van der Waals surface area (Å²) in [5, 5.41) is 10.1. The van der Waals surface area contributed by atoms with Crippen molar-refractivity contribution in [3.63, 3.8) is 0 Å².